The van der Waals surface area contributed by atoms with E-state index in [-0.39, 0.29) is 0 Å². The molecule has 3 aromatic heterocycles. The van der Waals surface area contributed by atoms with Gasteiger partial charge in [-0.25, -0.2) is 9.97 Å². The molecule has 3 heterocycles. The SMILES string of the molecule is [B]c1cc([B])c(-c2nc(-n3c4ccc5ccccc5c4c4c5ccccc5c5c6ccccc6sc5c43)nc3ccccc23)c([B])c1. The minimum Gasteiger partial charge on any atom is -0.276 e. The summed E-state index contributed by atoms with van der Waals surface area (Å²) in [6, 6.07) is 41.9. The van der Waals surface area contributed by atoms with Gasteiger partial charge >= 0.3 is 0 Å². The average molecular weight is 607 g/mol. The Bertz CT molecular complexity index is 2940. The van der Waals surface area contributed by atoms with E-state index in [1.54, 1.807) is 12.1 Å². The first-order chi connectivity index (χ1) is 23.1. The highest BCUT2D eigenvalue weighted by Crippen LogP contribution is 2.49. The van der Waals surface area contributed by atoms with Gasteiger partial charge in [-0.2, -0.15) is 0 Å². The summed E-state index contributed by atoms with van der Waals surface area (Å²) >= 11 is 1.82. The van der Waals surface area contributed by atoms with Crippen LogP contribution < -0.4 is 16.4 Å². The zero-order valence-corrected chi connectivity index (χ0v) is 25.8. The molecule has 0 spiro atoms. The molecule has 47 heavy (non-hydrogen) atoms. The van der Waals surface area contributed by atoms with E-state index in [0.29, 0.717) is 33.6 Å². The molecular formula is C40H20B3N3S. The Hall–Kier alpha value is -5.39. The molecule has 0 aliphatic heterocycles. The summed E-state index contributed by atoms with van der Waals surface area (Å²) in [6.07, 6.45) is 0. The maximum absolute atomic E-state index is 6.61. The Kier molecular flexibility index (Phi) is 5.59. The quantitative estimate of drug-likeness (QED) is 0.191. The van der Waals surface area contributed by atoms with Crippen LogP contribution in [0.1, 0.15) is 0 Å². The maximum atomic E-state index is 6.61. The standard InChI is InChI=1S/C40H20B3N3S/c41-22-19-28(42)36(29(43)20-22)37-26-13-5-7-15-30(26)44-40(45-37)46-31-18-17-21-9-1-2-10-23(21)34(31)35-25-12-4-3-11-24(25)33-27-14-6-8-16-32(27)47-39(33)38(35)46/h1-20H. The number of thiophene rings is 1. The summed E-state index contributed by atoms with van der Waals surface area (Å²) in [5, 5.41) is 10.5. The van der Waals surface area contributed by atoms with Crippen LogP contribution in [0.5, 0.6) is 0 Å². The Morgan fingerprint density at radius 2 is 1.19 bits per heavy atom. The number of nitrogens with zero attached hydrogens (tertiary/aromatic N) is 3. The van der Waals surface area contributed by atoms with Crippen molar-refractivity contribution in [3.05, 3.63) is 121 Å². The van der Waals surface area contributed by atoms with Crippen LogP contribution >= 0.6 is 11.3 Å². The number of para-hydroxylation sites is 1. The first-order valence-electron chi connectivity index (χ1n) is 15.5. The smallest absolute Gasteiger partial charge is 0.235 e. The van der Waals surface area contributed by atoms with Gasteiger partial charge in [-0.05, 0) is 45.3 Å². The van der Waals surface area contributed by atoms with E-state index in [1.165, 1.54) is 52.5 Å². The fourth-order valence-corrected chi connectivity index (χ4v) is 8.74. The number of aromatic nitrogens is 3. The number of fused-ring (bicyclic) bond motifs is 13. The predicted octanol–water partition coefficient (Wildman–Crippen LogP) is 7.45. The van der Waals surface area contributed by atoms with Crippen molar-refractivity contribution >= 4 is 126 Å². The zero-order chi connectivity index (χ0) is 31.4. The normalized spacial score (nSPS) is 12.1. The molecule has 7 aromatic carbocycles. The van der Waals surface area contributed by atoms with Gasteiger partial charge in [0.25, 0.3) is 0 Å². The van der Waals surface area contributed by atoms with Crippen molar-refractivity contribution in [3.63, 3.8) is 0 Å². The van der Waals surface area contributed by atoms with Gasteiger partial charge in [-0.1, -0.05) is 120 Å². The van der Waals surface area contributed by atoms with E-state index in [1.807, 2.05) is 35.6 Å². The lowest BCUT2D eigenvalue weighted by Gasteiger charge is -2.16. The van der Waals surface area contributed by atoms with Crippen molar-refractivity contribution in [1.29, 1.82) is 0 Å². The van der Waals surface area contributed by atoms with Crippen LogP contribution in [-0.2, 0) is 0 Å². The topological polar surface area (TPSA) is 30.7 Å². The second-order valence-corrected chi connectivity index (χ2v) is 13.1. The van der Waals surface area contributed by atoms with Crippen molar-refractivity contribution < 1.29 is 0 Å². The van der Waals surface area contributed by atoms with Gasteiger partial charge in [0, 0.05) is 31.6 Å². The number of benzene rings is 7. The minimum atomic E-state index is 0.475. The fraction of sp³-hybridized carbons (Fsp3) is 0. The molecule has 3 nitrogen and oxygen atoms in total. The van der Waals surface area contributed by atoms with Gasteiger partial charge in [0.2, 0.25) is 5.95 Å². The molecule has 0 aliphatic rings. The van der Waals surface area contributed by atoms with Gasteiger partial charge in [-0.15, -0.1) is 11.3 Å². The Morgan fingerprint density at radius 3 is 1.98 bits per heavy atom. The fourth-order valence-electron chi connectivity index (χ4n) is 7.48. The molecule has 0 unspecified atom stereocenters. The third-order valence-corrected chi connectivity index (χ3v) is 10.6. The summed E-state index contributed by atoms with van der Waals surface area (Å²) in [5.74, 6) is 0.554. The highest BCUT2D eigenvalue weighted by atomic mass is 32.1. The Morgan fingerprint density at radius 1 is 0.553 bits per heavy atom. The van der Waals surface area contributed by atoms with Gasteiger partial charge in [0.1, 0.15) is 23.5 Å². The molecular weight excluding hydrogens is 587 g/mol. The van der Waals surface area contributed by atoms with E-state index in [4.69, 9.17) is 33.5 Å². The lowest BCUT2D eigenvalue weighted by Crippen LogP contribution is -2.27. The van der Waals surface area contributed by atoms with Crippen molar-refractivity contribution in [2.24, 2.45) is 0 Å². The van der Waals surface area contributed by atoms with Crippen molar-refractivity contribution in [2.75, 3.05) is 0 Å². The molecule has 6 radical (unpaired) electrons. The number of hydrogen-bond acceptors (Lipinski definition) is 3. The largest absolute Gasteiger partial charge is 0.276 e. The first-order valence-corrected chi connectivity index (χ1v) is 16.3. The van der Waals surface area contributed by atoms with E-state index >= 15 is 0 Å². The van der Waals surface area contributed by atoms with Crippen molar-refractivity contribution in [3.8, 4) is 17.2 Å². The Balaban J connectivity index is 1.48. The summed E-state index contributed by atoms with van der Waals surface area (Å²) in [5.41, 5.74) is 5.71. The lowest BCUT2D eigenvalue weighted by molar-refractivity contribution is 1.02. The van der Waals surface area contributed by atoms with Gasteiger partial charge < -0.3 is 0 Å². The van der Waals surface area contributed by atoms with Gasteiger partial charge in [-0.3, -0.25) is 4.57 Å². The molecule has 10 aromatic rings. The Labute approximate surface area is 277 Å². The molecule has 210 valence electrons. The number of rotatable bonds is 2. The van der Waals surface area contributed by atoms with E-state index < -0.39 is 0 Å². The molecule has 0 aliphatic carbocycles. The van der Waals surface area contributed by atoms with Crippen LogP contribution in [0.15, 0.2) is 121 Å². The van der Waals surface area contributed by atoms with Crippen LogP contribution in [0.25, 0.3) is 91.6 Å². The van der Waals surface area contributed by atoms with Gasteiger partial charge in [0.05, 0.1) is 26.9 Å². The van der Waals surface area contributed by atoms with Crippen molar-refractivity contribution in [2.45, 2.75) is 0 Å². The second kappa shape index (κ2) is 9.81. The van der Waals surface area contributed by atoms with Crippen LogP contribution in [0.2, 0.25) is 0 Å². The monoisotopic (exact) mass is 607 g/mol. The lowest BCUT2D eigenvalue weighted by atomic mass is 9.75. The molecule has 0 amide bonds. The number of hydrogen-bond donors (Lipinski definition) is 0. The van der Waals surface area contributed by atoms with Crippen LogP contribution in [0.3, 0.4) is 0 Å². The molecule has 0 N–H and O–H groups in total. The third-order valence-electron chi connectivity index (χ3n) is 9.38. The van der Waals surface area contributed by atoms with Crippen LogP contribution in [0.4, 0.5) is 0 Å². The predicted molar refractivity (Wildman–Crippen MR) is 203 cm³/mol. The molecule has 0 saturated heterocycles. The molecule has 0 fully saturated rings. The first kappa shape index (κ1) is 26.8. The van der Waals surface area contributed by atoms with E-state index in [9.17, 15) is 0 Å². The van der Waals surface area contributed by atoms with E-state index in [0.717, 1.165) is 21.9 Å². The average Bonchev–Trinajstić information content (AvgIpc) is 3.65. The summed E-state index contributed by atoms with van der Waals surface area (Å²) < 4.78 is 4.69. The van der Waals surface area contributed by atoms with Crippen molar-refractivity contribution in [1.82, 2.24) is 14.5 Å². The molecule has 0 atom stereocenters. The molecule has 10 rings (SSSR count). The second-order valence-electron chi connectivity index (χ2n) is 12.1. The zero-order valence-electron chi connectivity index (χ0n) is 25.0. The van der Waals surface area contributed by atoms with Crippen LogP contribution in [0, 0.1) is 0 Å². The summed E-state index contributed by atoms with van der Waals surface area (Å²) in [6.45, 7) is 0. The summed E-state index contributed by atoms with van der Waals surface area (Å²) in [7, 11) is 19.4. The highest BCUT2D eigenvalue weighted by Gasteiger charge is 2.25. The van der Waals surface area contributed by atoms with Crippen LogP contribution in [-0.4, -0.2) is 38.1 Å². The van der Waals surface area contributed by atoms with E-state index in [2.05, 4.69) is 89.5 Å². The molecule has 7 heteroatoms. The van der Waals surface area contributed by atoms with Gasteiger partial charge in [0.15, 0.2) is 0 Å². The summed E-state index contributed by atoms with van der Waals surface area (Å²) in [4.78, 5) is 10.6. The molecule has 0 saturated carbocycles. The third kappa shape index (κ3) is 3.72. The minimum absolute atomic E-state index is 0.475. The highest BCUT2D eigenvalue weighted by molar-refractivity contribution is 7.27. The molecule has 0 bridgehead atoms. The maximum Gasteiger partial charge on any atom is 0.235 e.